The number of hydrogen-bond acceptors (Lipinski definition) is 5. The normalized spacial score (nSPS) is 10.1. The maximum absolute atomic E-state index is 5.33. The molecule has 1 heterocycles. The fourth-order valence-corrected chi connectivity index (χ4v) is 2.31. The summed E-state index contributed by atoms with van der Waals surface area (Å²) in [4.78, 5) is 0. The molecule has 0 aliphatic rings. The first-order chi connectivity index (χ1) is 8.31. The Morgan fingerprint density at radius 3 is 2.41 bits per heavy atom. The third-order valence-corrected chi connectivity index (χ3v) is 3.18. The number of benzene rings is 1. The lowest BCUT2D eigenvalue weighted by Gasteiger charge is -2.09. The van der Waals surface area contributed by atoms with Crippen molar-refractivity contribution in [2.24, 2.45) is 0 Å². The van der Waals surface area contributed by atoms with E-state index in [1.54, 1.807) is 21.3 Å². The van der Waals surface area contributed by atoms with Crippen molar-refractivity contribution >= 4 is 11.5 Å². The van der Waals surface area contributed by atoms with Gasteiger partial charge in [-0.1, -0.05) is 18.2 Å². The first kappa shape index (κ1) is 11.7. The molecule has 0 aliphatic carbocycles. The Hall–Kier alpha value is -1.75. The molecular formula is C12H13NO3S. The molecule has 2 aromatic rings. The van der Waals surface area contributed by atoms with Crippen LogP contribution in [0.25, 0.3) is 11.1 Å². The number of ether oxygens (including phenoxy) is 3. The molecule has 5 heteroatoms. The van der Waals surface area contributed by atoms with Crippen molar-refractivity contribution in [3.8, 4) is 27.8 Å². The molecule has 90 valence electrons. The highest BCUT2D eigenvalue weighted by molar-refractivity contribution is 7.08. The fraction of sp³-hybridized carbons (Fsp3) is 0.250. The summed E-state index contributed by atoms with van der Waals surface area (Å²) in [6.07, 6.45) is 0. The predicted molar refractivity (Wildman–Crippen MR) is 67.2 cm³/mol. The molecule has 1 aromatic carbocycles. The van der Waals surface area contributed by atoms with Gasteiger partial charge in [-0.2, -0.15) is 4.37 Å². The van der Waals surface area contributed by atoms with Gasteiger partial charge in [-0.25, -0.2) is 0 Å². The molecule has 0 aliphatic heterocycles. The number of rotatable bonds is 4. The van der Waals surface area contributed by atoms with Gasteiger partial charge >= 0.3 is 0 Å². The van der Waals surface area contributed by atoms with E-state index in [0.29, 0.717) is 10.9 Å². The van der Waals surface area contributed by atoms with Crippen molar-refractivity contribution in [1.29, 1.82) is 0 Å². The third-order valence-electron chi connectivity index (χ3n) is 2.38. The zero-order valence-corrected chi connectivity index (χ0v) is 10.7. The number of hydrogen-bond donors (Lipinski definition) is 0. The van der Waals surface area contributed by atoms with Gasteiger partial charge in [0, 0.05) is 17.1 Å². The average Bonchev–Trinajstić information content (AvgIpc) is 2.81. The van der Waals surface area contributed by atoms with Crippen molar-refractivity contribution < 1.29 is 14.2 Å². The van der Waals surface area contributed by atoms with Gasteiger partial charge in [0.25, 0.3) is 0 Å². The monoisotopic (exact) mass is 251 g/mol. The van der Waals surface area contributed by atoms with Gasteiger partial charge in [-0.3, -0.25) is 0 Å². The maximum atomic E-state index is 5.33. The standard InChI is InChI=1S/C12H13NO3S/c1-14-9-7-5-4-6-8(9)10-11(15-2)13-17-12(10)16-3/h4-7H,1-3H3. The van der Waals surface area contributed by atoms with Gasteiger partial charge in [-0.15, -0.1) is 0 Å². The molecule has 0 saturated heterocycles. The Labute approximate surface area is 104 Å². The van der Waals surface area contributed by atoms with Crippen LogP contribution in [0.4, 0.5) is 0 Å². The van der Waals surface area contributed by atoms with Gasteiger partial charge in [0.05, 0.1) is 21.3 Å². The Morgan fingerprint density at radius 1 is 1.00 bits per heavy atom. The van der Waals surface area contributed by atoms with Crippen LogP contribution < -0.4 is 14.2 Å². The highest BCUT2D eigenvalue weighted by Crippen LogP contribution is 2.44. The van der Waals surface area contributed by atoms with E-state index in [1.807, 2.05) is 24.3 Å². The summed E-state index contributed by atoms with van der Waals surface area (Å²) in [5.41, 5.74) is 1.75. The van der Waals surface area contributed by atoms with E-state index in [4.69, 9.17) is 14.2 Å². The fourth-order valence-electron chi connectivity index (χ4n) is 1.62. The van der Waals surface area contributed by atoms with E-state index in [-0.39, 0.29) is 0 Å². The van der Waals surface area contributed by atoms with Crippen LogP contribution in [0.1, 0.15) is 0 Å². The second-order valence-corrected chi connectivity index (χ2v) is 3.99. The number of methoxy groups -OCH3 is 3. The van der Waals surface area contributed by atoms with Gasteiger partial charge < -0.3 is 14.2 Å². The summed E-state index contributed by atoms with van der Waals surface area (Å²) in [6, 6.07) is 7.70. The molecule has 17 heavy (non-hydrogen) atoms. The van der Waals surface area contributed by atoms with Crippen molar-refractivity contribution in [2.45, 2.75) is 0 Å². The Balaban J connectivity index is 2.62. The van der Waals surface area contributed by atoms with Crippen LogP contribution in [0.5, 0.6) is 16.7 Å². The first-order valence-electron chi connectivity index (χ1n) is 5.02. The Bertz CT molecular complexity index is 489. The predicted octanol–water partition coefficient (Wildman–Crippen LogP) is 2.84. The minimum atomic E-state index is 0.552. The summed E-state index contributed by atoms with van der Waals surface area (Å²) in [7, 11) is 4.84. The molecule has 2 rings (SSSR count). The number of nitrogens with zero attached hydrogens (tertiary/aromatic N) is 1. The topological polar surface area (TPSA) is 40.6 Å². The highest BCUT2D eigenvalue weighted by Gasteiger charge is 2.20. The molecule has 0 N–H and O–H groups in total. The van der Waals surface area contributed by atoms with Crippen LogP contribution >= 0.6 is 11.5 Å². The zero-order valence-electron chi connectivity index (χ0n) is 9.89. The van der Waals surface area contributed by atoms with Crippen LogP contribution in [0.15, 0.2) is 24.3 Å². The van der Waals surface area contributed by atoms with Crippen molar-refractivity contribution in [1.82, 2.24) is 4.37 Å². The van der Waals surface area contributed by atoms with Crippen LogP contribution in [0.2, 0.25) is 0 Å². The Kier molecular flexibility index (Phi) is 3.49. The summed E-state index contributed by atoms with van der Waals surface area (Å²) in [5, 5.41) is 0.714. The molecule has 0 radical (unpaired) electrons. The van der Waals surface area contributed by atoms with E-state index in [9.17, 15) is 0 Å². The lowest BCUT2D eigenvalue weighted by Crippen LogP contribution is -1.91. The minimum Gasteiger partial charge on any atom is -0.496 e. The van der Waals surface area contributed by atoms with E-state index in [1.165, 1.54) is 11.5 Å². The molecule has 0 saturated carbocycles. The summed E-state index contributed by atoms with van der Waals surface area (Å²) >= 11 is 1.26. The lowest BCUT2D eigenvalue weighted by molar-refractivity contribution is 0.395. The lowest BCUT2D eigenvalue weighted by atomic mass is 10.1. The van der Waals surface area contributed by atoms with Gasteiger partial charge in [0.15, 0.2) is 0 Å². The van der Waals surface area contributed by atoms with Crippen molar-refractivity contribution in [2.75, 3.05) is 21.3 Å². The molecule has 0 bridgehead atoms. The maximum Gasteiger partial charge on any atom is 0.237 e. The molecule has 0 amide bonds. The smallest absolute Gasteiger partial charge is 0.237 e. The van der Waals surface area contributed by atoms with Crippen molar-refractivity contribution in [3.63, 3.8) is 0 Å². The zero-order chi connectivity index (χ0) is 12.3. The van der Waals surface area contributed by atoms with E-state index < -0.39 is 0 Å². The molecule has 0 spiro atoms. The molecule has 0 unspecified atom stereocenters. The summed E-state index contributed by atoms with van der Waals surface area (Å²) in [5.74, 6) is 1.32. The quantitative estimate of drug-likeness (QED) is 0.837. The highest BCUT2D eigenvalue weighted by atomic mass is 32.1. The number of para-hydroxylation sites is 1. The van der Waals surface area contributed by atoms with Crippen LogP contribution in [-0.4, -0.2) is 25.7 Å². The van der Waals surface area contributed by atoms with Gasteiger partial charge in [0.2, 0.25) is 10.9 Å². The van der Waals surface area contributed by atoms with E-state index >= 15 is 0 Å². The first-order valence-corrected chi connectivity index (χ1v) is 5.80. The largest absolute Gasteiger partial charge is 0.496 e. The molecule has 0 fully saturated rings. The van der Waals surface area contributed by atoms with Gasteiger partial charge in [-0.05, 0) is 6.07 Å². The van der Waals surface area contributed by atoms with E-state index in [0.717, 1.165) is 16.9 Å². The van der Waals surface area contributed by atoms with Crippen molar-refractivity contribution in [3.05, 3.63) is 24.3 Å². The Morgan fingerprint density at radius 2 is 1.76 bits per heavy atom. The van der Waals surface area contributed by atoms with Gasteiger partial charge in [0.1, 0.15) is 11.3 Å². The van der Waals surface area contributed by atoms with Crippen LogP contribution in [-0.2, 0) is 0 Å². The van der Waals surface area contributed by atoms with Crippen LogP contribution in [0.3, 0.4) is 0 Å². The summed E-state index contributed by atoms with van der Waals surface area (Å²) < 4.78 is 20.1. The molecule has 4 nitrogen and oxygen atoms in total. The molecular weight excluding hydrogens is 238 g/mol. The summed E-state index contributed by atoms with van der Waals surface area (Å²) in [6.45, 7) is 0. The van der Waals surface area contributed by atoms with E-state index in [2.05, 4.69) is 4.37 Å². The second-order valence-electron chi connectivity index (χ2n) is 3.26. The van der Waals surface area contributed by atoms with Crippen LogP contribution in [0, 0.1) is 0 Å². The minimum absolute atomic E-state index is 0.552. The molecule has 0 atom stereocenters. The third kappa shape index (κ3) is 2.06. The SMILES string of the molecule is COc1ccccc1-c1c(OC)nsc1OC. The second kappa shape index (κ2) is 5.05. The average molecular weight is 251 g/mol. The number of aromatic nitrogens is 1. The molecule has 1 aromatic heterocycles.